The minimum atomic E-state index is 0.343. The van der Waals surface area contributed by atoms with Gasteiger partial charge in [0.15, 0.2) is 0 Å². The molecule has 0 heterocycles. The average Bonchev–Trinajstić information content (AvgIpc) is 2.40. The summed E-state index contributed by atoms with van der Waals surface area (Å²) in [6, 6.07) is 8.60. The molecule has 0 saturated carbocycles. The van der Waals surface area contributed by atoms with Gasteiger partial charge in [0.25, 0.3) is 0 Å². The number of hydrogen-bond acceptors (Lipinski definition) is 3. The topological polar surface area (TPSA) is 24.5 Å². The molecule has 0 radical (unpaired) electrons. The van der Waals surface area contributed by atoms with Gasteiger partial charge in [-0.3, -0.25) is 0 Å². The molecule has 1 aromatic carbocycles. The second-order valence-corrected chi connectivity index (χ2v) is 5.69. The SMILES string of the molecule is Cc1ccccc1CN(C)CCNCCCOC(C)C. The van der Waals surface area contributed by atoms with Gasteiger partial charge < -0.3 is 15.0 Å². The lowest BCUT2D eigenvalue weighted by Gasteiger charge is -2.18. The molecule has 0 bridgehead atoms. The summed E-state index contributed by atoms with van der Waals surface area (Å²) >= 11 is 0. The van der Waals surface area contributed by atoms with E-state index in [0.29, 0.717) is 6.10 Å². The standard InChI is InChI=1S/C17H30N2O/c1-15(2)20-13-7-10-18-11-12-19(4)14-17-9-6-5-8-16(17)3/h5-6,8-9,15,18H,7,10-14H2,1-4H3. The van der Waals surface area contributed by atoms with E-state index in [0.717, 1.165) is 39.2 Å². The van der Waals surface area contributed by atoms with Crippen molar-refractivity contribution in [1.82, 2.24) is 10.2 Å². The molecule has 0 aliphatic carbocycles. The summed E-state index contributed by atoms with van der Waals surface area (Å²) in [7, 11) is 2.18. The van der Waals surface area contributed by atoms with Gasteiger partial charge in [-0.05, 0) is 51.9 Å². The quantitative estimate of drug-likeness (QED) is 0.666. The van der Waals surface area contributed by atoms with Crippen molar-refractivity contribution >= 4 is 0 Å². The zero-order valence-electron chi connectivity index (χ0n) is 13.5. The van der Waals surface area contributed by atoms with Crippen molar-refractivity contribution in [2.24, 2.45) is 0 Å². The van der Waals surface area contributed by atoms with E-state index >= 15 is 0 Å². The van der Waals surface area contributed by atoms with Gasteiger partial charge in [-0.25, -0.2) is 0 Å². The van der Waals surface area contributed by atoms with Gasteiger partial charge in [0, 0.05) is 26.2 Å². The van der Waals surface area contributed by atoms with Gasteiger partial charge >= 0.3 is 0 Å². The van der Waals surface area contributed by atoms with Crippen molar-refractivity contribution in [3.05, 3.63) is 35.4 Å². The molecule has 1 rings (SSSR count). The van der Waals surface area contributed by atoms with Gasteiger partial charge in [-0.2, -0.15) is 0 Å². The highest BCUT2D eigenvalue weighted by molar-refractivity contribution is 5.25. The monoisotopic (exact) mass is 278 g/mol. The third kappa shape index (κ3) is 7.63. The molecule has 0 unspecified atom stereocenters. The fourth-order valence-electron chi connectivity index (χ4n) is 2.07. The predicted molar refractivity (Wildman–Crippen MR) is 86.1 cm³/mol. The van der Waals surface area contributed by atoms with E-state index in [-0.39, 0.29) is 0 Å². The molecule has 0 aliphatic rings. The lowest BCUT2D eigenvalue weighted by molar-refractivity contribution is 0.0770. The second-order valence-electron chi connectivity index (χ2n) is 5.69. The Labute approximate surface area is 124 Å². The average molecular weight is 278 g/mol. The highest BCUT2D eigenvalue weighted by Gasteiger charge is 2.02. The van der Waals surface area contributed by atoms with Gasteiger partial charge in [0.05, 0.1) is 6.10 Å². The van der Waals surface area contributed by atoms with Gasteiger partial charge in [-0.15, -0.1) is 0 Å². The van der Waals surface area contributed by atoms with E-state index in [9.17, 15) is 0 Å². The second kappa shape index (κ2) is 9.92. The molecular formula is C17H30N2O. The van der Waals surface area contributed by atoms with E-state index in [1.165, 1.54) is 11.1 Å². The first-order chi connectivity index (χ1) is 9.59. The van der Waals surface area contributed by atoms with E-state index in [1.807, 2.05) is 0 Å². The number of nitrogens with one attached hydrogen (secondary N) is 1. The van der Waals surface area contributed by atoms with Gasteiger partial charge in [0.2, 0.25) is 0 Å². The molecule has 114 valence electrons. The van der Waals surface area contributed by atoms with Crippen molar-refractivity contribution in [2.45, 2.75) is 39.8 Å². The Morgan fingerprint density at radius 1 is 1.20 bits per heavy atom. The van der Waals surface area contributed by atoms with Crippen LogP contribution in [-0.2, 0) is 11.3 Å². The molecule has 0 aromatic heterocycles. The maximum atomic E-state index is 5.51. The maximum Gasteiger partial charge on any atom is 0.0518 e. The highest BCUT2D eigenvalue weighted by Crippen LogP contribution is 2.08. The molecule has 3 nitrogen and oxygen atoms in total. The summed E-state index contributed by atoms with van der Waals surface area (Å²) in [5, 5.41) is 3.47. The van der Waals surface area contributed by atoms with Crippen LogP contribution in [0.4, 0.5) is 0 Å². The van der Waals surface area contributed by atoms with Crippen LogP contribution in [0.2, 0.25) is 0 Å². The normalized spacial score (nSPS) is 11.5. The largest absolute Gasteiger partial charge is 0.379 e. The van der Waals surface area contributed by atoms with Crippen molar-refractivity contribution < 1.29 is 4.74 Å². The first-order valence-corrected chi connectivity index (χ1v) is 7.65. The van der Waals surface area contributed by atoms with Crippen LogP contribution < -0.4 is 5.32 Å². The summed E-state index contributed by atoms with van der Waals surface area (Å²) in [4.78, 5) is 2.36. The van der Waals surface area contributed by atoms with E-state index in [1.54, 1.807) is 0 Å². The lowest BCUT2D eigenvalue weighted by Crippen LogP contribution is -2.30. The highest BCUT2D eigenvalue weighted by atomic mass is 16.5. The Bertz CT molecular complexity index is 366. The third-order valence-electron chi connectivity index (χ3n) is 3.32. The number of hydrogen-bond donors (Lipinski definition) is 1. The van der Waals surface area contributed by atoms with Gasteiger partial charge in [-0.1, -0.05) is 24.3 Å². The predicted octanol–water partition coefficient (Wildman–Crippen LogP) is 2.83. The first kappa shape index (κ1) is 17.2. The van der Waals surface area contributed by atoms with Crippen LogP contribution in [0.3, 0.4) is 0 Å². The number of ether oxygens (including phenoxy) is 1. The Kier molecular flexibility index (Phi) is 8.51. The van der Waals surface area contributed by atoms with Gasteiger partial charge in [0.1, 0.15) is 0 Å². The summed E-state index contributed by atoms with van der Waals surface area (Å²) < 4.78 is 5.51. The number of aryl methyl sites for hydroxylation is 1. The summed E-state index contributed by atoms with van der Waals surface area (Å²) in [5.74, 6) is 0. The lowest BCUT2D eigenvalue weighted by atomic mass is 10.1. The Balaban J connectivity index is 2.06. The first-order valence-electron chi connectivity index (χ1n) is 7.65. The number of rotatable bonds is 10. The minimum absolute atomic E-state index is 0.343. The third-order valence-corrected chi connectivity index (χ3v) is 3.32. The van der Waals surface area contributed by atoms with E-state index in [2.05, 4.69) is 62.3 Å². The van der Waals surface area contributed by atoms with Crippen LogP contribution >= 0.6 is 0 Å². The zero-order chi connectivity index (χ0) is 14.8. The molecule has 20 heavy (non-hydrogen) atoms. The van der Waals surface area contributed by atoms with E-state index in [4.69, 9.17) is 4.74 Å². The van der Waals surface area contributed by atoms with Crippen LogP contribution in [0.15, 0.2) is 24.3 Å². The number of nitrogens with zero attached hydrogens (tertiary/aromatic N) is 1. The summed E-state index contributed by atoms with van der Waals surface area (Å²) in [6.07, 6.45) is 1.43. The molecular weight excluding hydrogens is 248 g/mol. The molecule has 0 amide bonds. The van der Waals surface area contributed by atoms with E-state index < -0.39 is 0 Å². The molecule has 0 fully saturated rings. The van der Waals surface area contributed by atoms with Crippen molar-refractivity contribution in [3.8, 4) is 0 Å². The molecule has 1 aromatic rings. The number of benzene rings is 1. The van der Waals surface area contributed by atoms with Crippen LogP contribution in [0.1, 0.15) is 31.4 Å². The molecule has 1 N–H and O–H groups in total. The van der Waals surface area contributed by atoms with Crippen molar-refractivity contribution in [2.75, 3.05) is 33.3 Å². The van der Waals surface area contributed by atoms with Crippen LogP contribution in [-0.4, -0.2) is 44.3 Å². The smallest absolute Gasteiger partial charge is 0.0518 e. The van der Waals surface area contributed by atoms with Crippen molar-refractivity contribution in [1.29, 1.82) is 0 Å². The molecule has 0 aliphatic heterocycles. The van der Waals surface area contributed by atoms with Crippen LogP contribution in [0.5, 0.6) is 0 Å². The maximum absolute atomic E-state index is 5.51. The van der Waals surface area contributed by atoms with Crippen LogP contribution in [0, 0.1) is 6.92 Å². The molecule has 0 atom stereocenters. The molecule has 0 spiro atoms. The Hall–Kier alpha value is -0.900. The fraction of sp³-hybridized carbons (Fsp3) is 0.647. The summed E-state index contributed by atoms with van der Waals surface area (Å²) in [5.41, 5.74) is 2.79. The Morgan fingerprint density at radius 2 is 1.95 bits per heavy atom. The minimum Gasteiger partial charge on any atom is -0.379 e. The molecule has 3 heteroatoms. The van der Waals surface area contributed by atoms with Crippen molar-refractivity contribution in [3.63, 3.8) is 0 Å². The summed E-state index contributed by atoms with van der Waals surface area (Å²) in [6.45, 7) is 11.3. The zero-order valence-corrected chi connectivity index (χ0v) is 13.5. The van der Waals surface area contributed by atoms with Crippen LogP contribution in [0.25, 0.3) is 0 Å². The Morgan fingerprint density at radius 3 is 2.65 bits per heavy atom. The fourth-order valence-corrected chi connectivity index (χ4v) is 2.07. The molecule has 0 saturated heterocycles. The number of likely N-dealkylation sites (N-methyl/N-ethyl adjacent to an activating group) is 1.